The Labute approximate surface area is 243 Å². The van der Waals surface area contributed by atoms with Crippen LogP contribution in [-0.4, -0.2) is 82.4 Å². The minimum absolute atomic E-state index is 0.00206. The smallest absolute Gasteiger partial charge is 0.326 e. The number of primary amides is 1. The van der Waals surface area contributed by atoms with Gasteiger partial charge in [-0.05, 0) is 62.3 Å². The van der Waals surface area contributed by atoms with E-state index in [0.29, 0.717) is 25.1 Å². The van der Waals surface area contributed by atoms with E-state index < -0.39 is 53.8 Å². The van der Waals surface area contributed by atoms with Gasteiger partial charge in [0.25, 0.3) is 0 Å². The molecule has 0 aliphatic rings. The van der Waals surface area contributed by atoms with Crippen LogP contribution in [0.2, 0.25) is 0 Å². The summed E-state index contributed by atoms with van der Waals surface area (Å²) >= 11 is 1.46. The highest BCUT2D eigenvalue weighted by atomic mass is 32.2. The maximum absolute atomic E-state index is 13.6. The van der Waals surface area contributed by atoms with Crippen LogP contribution in [0, 0.1) is 0 Å². The molecule has 2 aromatic rings. The molecule has 11 N–H and O–H groups in total. The normalized spacial score (nSPS) is 14.0. The molecule has 14 heteroatoms. The molecular formula is C27H41N7O6S. The number of nitrogens with one attached hydrogen (secondary N) is 4. The predicted molar refractivity (Wildman–Crippen MR) is 158 cm³/mol. The highest BCUT2D eigenvalue weighted by Crippen LogP contribution is 2.19. The van der Waals surface area contributed by atoms with E-state index in [4.69, 9.17) is 17.2 Å². The number of aromatic amines is 1. The van der Waals surface area contributed by atoms with Crippen molar-refractivity contribution in [2.24, 2.45) is 17.2 Å². The lowest BCUT2D eigenvalue weighted by Gasteiger charge is -2.25. The second kappa shape index (κ2) is 17.3. The Morgan fingerprint density at radius 1 is 0.927 bits per heavy atom. The lowest BCUT2D eigenvalue weighted by atomic mass is 10.0. The largest absolute Gasteiger partial charge is 0.480 e. The minimum Gasteiger partial charge on any atom is -0.480 e. The number of benzene rings is 1. The molecule has 0 saturated carbocycles. The Balaban J connectivity index is 2.25. The van der Waals surface area contributed by atoms with E-state index in [1.165, 1.54) is 11.8 Å². The number of H-pyrrole nitrogens is 1. The number of nitrogens with two attached hydrogens (primary N) is 3. The number of unbranched alkanes of at least 4 members (excludes halogenated alkanes) is 1. The van der Waals surface area contributed by atoms with Crippen LogP contribution in [0.15, 0.2) is 30.5 Å². The molecular weight excluding hydrogens is 550 g/mol. The molecule has 0 radical (unpaired) electrons. The maximum Gasteiger partial charge on any atom is 0.326 e. The highest BCUT2D eigenvalue weighted by Gasteiger charge is 2.30. The SMILES string of the molecule is CSCCC(NC(=O)C(Cc1c[nH]c2ccccc12)NC(=O)C(N)CCC(N)=O)C(=O)NC(CCCCN)C(=O)O. The Morgan fingerprint density at radius 3 is 2.24 bits per heavy atom. The van der Waals surface area contributed by atoms with Gasteiger partial charge in [-0.15, -0.1) is 0 Å². The number of carbonyl (C=O) groups excluding carboxylic acids is 4. The molecule has 226 valence electrons. The van der Waals surface area contributed by atoms with E-state index in [1.54, 1.807) is 6.20 Å². The number of fused-ring (bicyclic) bond motifs is 1. The van der Waals surface area contributed by atoms with Crippen molar-refractivity contribution in [2.75, 3.05) is 18.6 Å². The third kappa shape index (κ3) is 11.1. The molecule has 13 nitrogen and oxygen atoms in total. The number of aliphatic carboxylic acids is 1. The van der Waals surface area contributed by atoms with Crippen LogP contribution >= 0.6 is 11.8 Å². The van der Waals surface area contributed by atoms with Gasteiger partial charge in [0.1, 0.15) is 18.1 Å². The molecule has 4 amide bonds. The average molecular weight is 592 g/mol. The Bertz CT molecular complexity index is 1190. The molecule has 0 aliphatic carbocycles. The molecule has 1 aromatic carbocycles. The summed E-state index contributed by atoms with van der Waals surface area (Å²) in [6, 6.07) is 3.09. The summed E-state index contributed by atoms with van der Waals surface area (Å²) in [5.41, 5.74) is 18.2. The van der Waals surface area contributed by atoms with Crippen molar-refractivity contribution in [1.29, 1.82) is 0 Å². The van der Waals surface area contributed by atoms with Crippen LogP contribution in [0.3, 0.4) is 0 Å². The first-order chi connectivity index (χ1) is 19.6. The fourth-order valence-corrected chi connectivity index (χ4v) is 4.71. The molecule has 1 heterocycles. The fraction of sp³-hybridized carbons (Fsp3) is 0.519. The first-order valence-electron chi connectivity index (χ1n) is 13.5. The van der Waals surface area contributed by atoms with E-state index in [1.807, 2.05) is 30.5 Å². The second-order valence-electron chi connectivity index (χ2n) is 9.76. The van der Waals surface area contributed by atoms with Crippen molar-refractivity contribution in [1.82, 2.24) is 20.9 Å². The van der Waals surface area contributed by atoms with Gasteiger partial charge < -0.3 is 43.2 Å². The van der Waals surface area contributed by atoms with E-state index in [0.717, 1.165) is 16.5 Å². The van der Waals surface area contributed by atoms with Gasteiger partial charge in [0.05, 0.1) is 6.04 Å². The van der Waals surface area contributed by atoms with E-state index in [9.17, 15) is 29.1 Å². The number of para-hydroxylation sites is 1. The summed E-state index contributed by atoms with van der Waals surface area (Å²) in [6.45, 7) is 0.405. The lowest BCUT2D eigenvalue weighted by Crippen LogP contribution is -2.57. The Kier molecular flexibility index (Phi) is 14.1. The molecule has 0 bridgehead atoms. The second-order valence-corrected chi connectivity index (χ2v) is 10.7. The van der Waals surface area contributed by atoms with Crippen LogP contribution in [0.4, 0.5) is 0 Å². The minimum atomic E-state index is -1.18. The van der Waals surface area contributed by atoms with Crippen molar-refractivity contribution in [3.8, 4) is 0 Å². The third-order valence-electron chi connectivity index (χ3n) is 6.58. The summed E-state index contributed by atoms with van der Waals surface area (Å²) < 4.78 is 0. The van der Waals surface area contributed by atoms with Gasteiger partial charge in [0.2, 0.25) is 23.6 Å². The van der Waals surface area contributed by atoms with Crippen molar-refractivity contribution in [3.63, 3.8) is 0 Å². The van der Waals surface area contributed by atoms with Crippen molar-refractivity contribution in [2.45, 2.75) is 69.1 Å². The molecule has 4 atom stereocenters. The molecule has 4 unspecified atom stereocenters. The summed E-state index contributed by atoms with van der Waals surface area (Å²) in [7, 11) is 0. The van der Waals surface area contributed by atoms with Crippen LogP contribution in [-0.2, 0) is 30.4 Å². The Morgan fingerprint density at radius 2 is 1.59 bits per heavy atom. The first kappa shape index (κ1) is 33.6. The maximum atomic E-state index is 13.6. The molecule has 1 aromatic heterocycles. The van der Waals surface area contributed by atoms with Gasteiger partial charge in [-0.1, -0.05) is 18.2 Å². The van der Waals surface area contributed by atoms with Crippen LogP contribution < -0.4 is 33.2 Å². The number of hydrogen-bond acceptors (Lipinski definition) is 8. The van der Waals surface area contributed by atoms with E-state index in [2.05, 4.69) is 20.9 Å². The number of carboxylic acids is 1. The van der Waals surface area contributed by atoms with Gasteiger partial charge in [0, 0.05) is 29.9 Å². The zero-order chi connectivity index (χ0) is 30.4. The molecule has 2 rings (SSSR count). The number of rotatable bonds is 19. The first-order valence-corrected chi connectivity index (χ1v) is 14.9. The van der Waals surface area contributed by atoms with Crippen LogP contribution in [0.5, 0.6) is 0 Å². The zero-order valence-electron chi connectivity index (χ0n) is 23.2. The van der Waals surface area contributed by atoms with Crippen molar-refractivity contribution < 1.29 is 29.1 Å². The topological polar surface area (TPSA) is 236 Å². The van der Waals surface area contributed by atoms with Gasteiger partial charge in [0.15, 0.2) is 0 Å². The quantitative estimate of drug-likeness (QED) is 0.100. The average Bonchev–Trinajstić information content (AvgIpc) is 3.35. The van der Waals surface area contributed by atoms with Crippen molar-refractivity contribution in [3.05, 3.63) is 36.0 Å². The number of thioether (sulfide) groups is 1. The molecule has 0 saturated heterocycles. The lowest BCUT2D eigenvalue weighted by molar-refractivity contribution is -0.142. The van der Waals surface area contributed by atoms with E-state index in [-0.39, 0.29) is 32.1 Å². The molecule has 0 fully saturated rings. The standard InChI is InChI=1S/C27H41N7O6S/c1-41-13-11-20(25(37)33-21(27(39)40)8-4-5-12-28)32-26(38)22(34-24(36)18(29)9-10-23(30)35)14-16-15-31-19-7-3-2-6-17(16)19/h2-3,6-7,15,18,20-22,31H,4-5,8-14,28-29H2,1H3,(H2,30,35)(H,32,38)(H,33,37)(H,34,36)(H,39,40). The number of carboxylic acid groups (broad SMARTS) is 1. The van der Waals surface area contributed by atoms with Crippen LogP contribution in [0.25, 0.3) is 10.9 Å². The summed E-state index contributed by atoms with van der Waals surface area (Å²) in [5, 5.41) is 18.3. The fourth-order valence-electron chi connectivity index (χ4n) is 4.24. The molecule has 41 heavy (non-hydrogen) atoms. The monoisotopic (exact) mass is 591 g/mol. The van der Waals surface area contributed by atoms with E-state index >= 15 is 0 Å². The summed E-state index contributed by atoms with van der Waals surface area (Å²) in [6.07, 6.45) is 5.13. The highest BCUT2D eigenvalue weighted by molar-refractivity contribution is 7.98. The number of aromatic nitrogens is 1. The predicted octanol–water partition coefficient (Wildman–Crippen LogP) is -0.276. The third-order valence-corrected chi connectivity index (χ3v) is 7.22. The molecule has 0 aliphatic heterocycles. The summed E-state index contributed by atoms with van der Waals surface area (Å²) in [4.78, 5) is 65.6. The summed E-state index contributed by atoms with van der Waals surface area (Å²) in [5.74, 6) is -3.20. The molecule has 0 spiro atoms. The number of amides is 4. The number of carbonyl (C=O) groups is 5. The van der Waals surface area contributed by atoms with Gasteiger partial charge in [-0.3, -0.25) is 19.2 Å². The van der Waals surface area contributed by atoms with Gasteiger partial charge in [-0.2, -0.15) is 11.8 Å². The van der Waals surface area contributed by atoms with Gasteiger partial charge in [-0.25, -0.2) is 4.79 Å². The number of hydrogen-bond donors (Lipinski definition) is 8. The van der Waals surface area contributed by atoms with Crippen LogP contribution in [0.1, 0.15) is 44.1 Å². The van der Waals surface area contributed by atoms with Crippen molar-refractivity contribution >= 4 is 52.3 Å². The zero-order valence-corrected chi connectivity index (χ0v) is 24.0. The Hall–Kier alpha value is -3.62. The van der Waals surface area contributed by atoms with Gasteiger partial charge >= 0.3 is 5.97 Å².